The Morgan fingerprint density at radius 2 is 1.31 bits per heavy atom. The molecule has 0 saturated heterocycles. The summed E-state index contributed by atoms with van der Waals surface area (Å²) in [5.74, 6) is 0.262. The normalized spacial score (nSPS) is 15.1. The zero-order valence-corrected chi connectivity index (χ0v) is 22.7. The molecule has 3 aromatic rings. The molecular weight excluding hydrogens is 479 g/mol. The summed E-state index contributed by atoms with van der Waals surface area (Å²) in [6.45, 7) is 12.6. The van der Waals surface area contributed by atoms with Gasteiger partial charge in [-0.2, -0.15) is 0 Å². The third kappa shape index (κ3) is 5.66. The Hall–Kier alpha value is -2.53. The summed E-state index contributed by atoms with van der Waals surface area (Å²) in [6.07, 6.45) is 0. The topological polar surface area (TPSA) is 64.3 Å². The third-order valence-electron chi connectivity index (χ3n) is 6.66. The predicted octanol–water partition coefficient (Wildman–Crippen LogP) is 7.21. The Balaban J connectivity index is 2.11. The maximum atomic E-state index is 13.8. The number of carbonyl (C=O) groups excluding carboxylic acids is 1. The van der Waals surface area contributed by atoms with Crippen LogP contribution >= 0.6 is 23.2 Å². The van der Waals surface area contributed by atoms with Crippen molar-refractivity contribution in [3.05, 3.63) is 99.0 Å². The van der Waals surface area contributed by atoms with Crippen molar-refractivity contribution in [1.82, 2.24) is 5.32 Å². The molecule has 0 heterocycles. The Bertz CT molecular complexity index is 1180. The highest BCUT2D eigenvalue weighted by molar-refractivity contribution is 6.30. The highest BCUT2D eigenvalue weighted by Gasteiger charge is 2.46. The van der Waals surface area contributed by atoms with Gasteiger partial charge in [0.05, 0.1) is 23.2 Å². The van der Waals surface area contributed by atoms with Crippen LogP contribution in [0.4, 0.5) is 0 Å². The minimum atomic E-state index is -1.01. The fourth-order valence-corrected chi connectivity index (χ4v) is 4.37. The lowest BCUT2D eigenvalue weighted by Gasteiger charge is -2.45. The molecule has 0 radical (unpaired) electrons. The van der Waals surface area contributed by atoms with E-state index in [1.54, 1.807) is 24.3 Å². The molecule has 0 spiro atoms. The van der Waals surface area contributed by atoms with E-state index >= 15 is 0 Å². The average molecular weight is 514 g/mol. The molecule has 1 amide bonds. The first-order valence-corrected chi connectivity index (χ1v) is 12.5. The second-order valence-electron chi connectivity index (χ2n) is 10.2. The molecule has 3 aromatic carbocycles. The minimum absolute atomic E-state index is 0.0803. The van der Waals surface area contributed by atoms with Crippen molar-refractivity contribution in [3.63, 3.8) is 0 Å². The van der Waals surface area contributed by atoms with E-state index in [1.807, 2.05) is 63.2 Å². The van der Waals surface area contributed by atoms with Crippen molar-refractivity contribution in [3.8, 4) is 5.75 Å². The lowest BCUT2D eigenvalue weighted by Crippen LogP contribution is -2.61. The summed E-state index contributed by atoms with van der Waals surface area (Å²) in [7, 11) is 0. The van der Waals surface area contributed by atoms with E-state index in [1.165, 1.54) is 0 Å². The molecule has 2 atom stereocenters. The van der Waals surface area contributed by atoms with Crippen LogP contribution in [0, 0.1) is 0 Å². The van der Waals surface area contributed by atoms with Gasteiger partial charge in [0.2, 0.25) is 0 Å². The largest absolute Gasteiger partial charge is 0.493 e. The number of nitrogens with one attached hydrogen (secondary N) is 1. The number of carbonyl (C=O) groups is 1. The SMILES string of the molecule is CCOc1cc(C(C)(C)C)ccc1C(=O)NC(C)(c1ccc(Cl)cc1)C(C)(N)c1ccc(Cl)cc1. The highest BCUT2D eigenvalue weighted by atomic mass is 35.5. The van der Waals surface area contributed by atoms with Gasteiger partial charge < -0.3 is 15.8 Å². The van der Waals surface area contributed by atoms with Gasteiger partial charge in [-0.15, -0.1) is 0 Å². The van der Waals surface area contributed by atoms with Crippen LogP contribution in [0.2, 0.25) is 10.0 Å². The molecule has 186 valence electrons. The van der Waals surface area contributed by atoms with Gasteiger partial charge in [-0.25, -0.2) is 0 Å². The van der Waals surface area contributed by atoms with Crippen molar-refractivity contribution < 1.29 is 9.53 Å². The van der Waals surface area contributed by atoms with E-state index < -0.39 is 11.1 Å². The van der Waals surface area contributed by atoms with Crippen molar-refractivity contribution >= 4 is 29.1 Å². The molecule has 0 fully saturated rings. The monoisotopic (exact) mass is 512 g/mol. The second-order valence-corrected chi connectivity index (χ2v) is 11.1. The summed E-state index contributed by atoms with van der Waals surface area (Å²) < 4.78 is 5.89. The number of rotatable bonds is 7. The third-order valence-corrected chi connectivity index (χ3v) is 7.16. The van der Waals surface area contributed by atoms with E-state index in [2.05, 4.69) is 26.1 Å². The van der Waals surface area contributed by atoms with E-state index in [0.717, 1.165) is 16.7 Å². The van der Waals surface area contributed by atoms with Gasteiger partial charge in [0.25, 0.3) is 5.91 Å². The predicted molar refractivity (Wildman–Crippen MR) is 146 cm³/mol. The lowest BCUT2D eigenvalue weighted by molar-refractivity contribution is 0.0841. The van der Waals surface area contributed by atoms with Crippen LogP contribution in [-0.4, -0.2) is 12.5 Å². The Morgan fingerprint density at radius 3 is 1.80 bits per heavy atom. The fraction of sp³-hybridized carbons (Fsp3) is 0.345. The van der Waals surface area contributed by atoms with Gasteiger partial charge in [0.1, 0.15) is 5.75 Å². The van der Waals surface area contributed by atoms with Crippen LogP contribution in [0.1, 0.15) is 68.6 Å². The van der Waals surface area contributed by atoms with Gasteiger partial charge in [-0.1, -0.05) is 74.3 Å². The van der Waals surface area contributed by atoms with Crippen molar-refractivity contribution in [2.75, 3.05) is 6.61 Å². The van der Waals surface area contributed by atoms with Gasteiger partial charge in [0.15, 0.2) is 0 Å². The first-order chi connectivity index (χ1) is 16.3. The molecule has 0 saturated carbocycles. The molecule has 0 aliphatic heterocycles. The Morgan fingerprint density at radius 1 is 0.829 bits per heavy atom. The van der Waals surface area contributed by atoms with E-state index in [9.17, 15) is 4.79 Å². The molecule has 35 heavy (non-hydrogen) atoms. The van der Waals surface area contributed by atoms with Crippen molar-refractivity contribution in [2.24, 2.45) is 5.73 Å². The van der Waals surface area contributed by atoms with E-state index in [-0.39, 0.29) is 11.3 Å². The smallest absolute Gasteiger partial charge is 0.255 e. The number of hydrogen-bond donors (Lipinski definition) is 2. The summed E-state index contributed by atoms with van der Waals surface area (Å²) in [5, 5.41) is 4.45. The second kappa shape index (κ2) is 10.2. The zero-order valence-electron chi connectivity index (χ0n) is 21.2. The Kier molecular flexibility index (Phi) is 7.90. The highest BCUT2D eigenvalue weighted by Crippen LogP contribution is 2.40. The zero-order chi connectivity index (χ0) is 26.0. The molecule has 3 rings (SSSR count). The van der Waals surface area contributed by atoms with Crippen LogP contribution < -0.4 is 15.8 Å². The minimum Gasteiger partial charge on any atom is -0.493 e. The molecule has 3 N–H and O–H groups in total. The van der Waals surface area contributed by atoms with Crippen LogP contribution in [-0.2, 0) is 16.5 Å². The molecule has 6 heteroatoms. The van der Waals surface area contributed by atoms with Crippen LogP contribution in [0.25, 0.3) is 0 Å². The number of hydrogen-bond acceptors (Lipinski definition) is 3. The van der Waals surface area contributed by atoms with E-state index in [0.29, 0.717) is 28.0 Å². The first kappa shape index (κ1) is 27.1. The molecule has 0 aliphatic rings. The standard InChI is InChI=1S/C29H34Cl2N2O2/c1-7-35-25-18-21(27(2,3)4)12-17-24(25)26(34)33-29(6,20-10-15-23(31)16-11-20)28(5,32)19-8-13-22(30)14-9-19/h8-18H,7,32H2,1-6H3,(H,33,34). The van der Waals surface area contributed by atoms with Crippen LogP contribution in [0.15, 0.2) is 66.7 Å². The lowest BCUT2D eigenvalue weighted by atomic mass is 9.71. The molecule has 0 aromatic heterocycles. The Labute approximate surface area is 218 Å². The maximum absolute atomic E-state index is 13.8. The van der Waals surface area contributed by atoms with Crippen molar-refractivity contribution in [2.45, 2.75) is 58.0 Å². The van der Waals surface area contributed by atoms with E-state index in [4.69, 9.17) is 33.7 Å². The quantitative estimate of drug-likeness (QED) is 0.351. The molecule has 4 nitrogen and oxygen atoms in total. The van der Waals surface area contributed by atoms with Gasteiger partial charge >= 0.3 is 0 Å². The van der Waals surface area contributed by atoms with Gasteiger partial charge in [-0.3, -0.25) is 4.79 Å². The summed E-state index contributed by atoms with van der Waals surface area (Å²) in [6, 6.07) is 20.4. The number of nitrogens with two attached hydrogens (primary N) is 1. The molecule has 0 aliphatic carbocycles. The van der Waals surface area contributed by atoms with Gasteiger partial charge in [-0.05, 0) is 79.3 Å². The van der Waals surface area contributed by atoms with Gasteiger partial charge in [0, 0.05) is 10.0 Å². The average Bonchev–Trinajstić information content (AvgIpc) is 2.79. The summed E-state index contributed by atoms with van der Waals surface area (Å²) >= 11 is 12.3. The molecular formula is C29H34Cl2N2O2. The number of halogens is 2. The van der Waals surface area contributed by atoms with Crippen LogP contribution in [0.3, 0.4) is 0 Å². The number of benzene rings is 3. The van der Waals surface area contributed by atoms with Crippen LogP contribution in [0.5, 0.6) is 5.75 Å². The summed E-state index contributed by atoms with van der Waals surface area (Å²) in [5.41, 5.74) is 8.11. The fourth-order valence-electron chi connectivity index (χ4n) is 4.12. The molecule has 0 bridgehead atoms. The van der Waals surface area contributed by atoms with Crippen molar-refractivity contribution in [1.29, 1.82) is 0 Å². The number of amides is 1. The summed E-state index contributed by atoms with van der Waals surface area (Å²) in [4.78, 5) is 13.8. The number of ether oxygens (including phenoxy) is 1. The maximum Gasteiger partial charge on any atom is 0.255 e. The molecule has 2 unspecified atom stereocenters. The first-order valence-electron chi connectivity index (χ1n) is 11.7.